The second kappa shape index (κ2) is 5.77. The third kappa shape index (κ3) is 2.21. The molecule has 0 unspecified atom stereocenters. The SMILES string of the molecule is CCn1c(N=Nc2c(C)nn3c4ccccc4n(C)c23)nc2ccccc21. The predicted octanol–water partition coefficient (Wildman–Crippen LogP) is 4.92. The van der Waals surface area contributed by atoms with Gasteiger partial charge in [0, 0.05) is 13.6 Å². The molecule has 3 aromatic heterocycles. The summed E-state index contributed by atoms with van der Waals surface area (Å²) < 4.78 is 6.10. The molecule has 0 aliphatic carbocycles. The highest BCUT2D eigenvalue weighted by Gasteiger charge is 2.17. The van der Waals surface area contributed by atoms with Crippen LogP contribution in [-0.4, -0.2) is 23.7 Å². The number of benzene rings is 2. The van der Waals surface area contributed by atoms with Gasteiger partial charge in [-0.2, -0.15) is 5.10 Å². The molecule has 3 heterocycles. The van der Waals surface area contributed by atoms with Crippen LogP contribution < -0.4 is 0 Å². The lowest BCUT2D eigenvalue weighted by molar-refractivity contribution is 0.782. The Morgan fingerprint density at radius 3 is 2.41 bits per heavy atom. The minimum Gasteiger partial charge on any atom is -0.326 e. The van der Waals surface area contributed by atoms with Crippen molar-refractivity contribution in [2.75, 3.05) is 0 Å². The summed E-state index contributed by atoms with van der Waals surface area (Å²) in [5, 5.41) is 13.7. The fourth-order valence-electron chi connectivity index (χ4n) is 3.68. The van der Waals surface area contributed by atoms with Crippen LogP contribution in [0.15, 0.2) is 58.8 Å². The van der Waals surface area contributed by atoms with Crippen molar-refractivity contribution in [1.29, 1.82) is 0 Å². The monoisotopic (exact) mass is 357 g/mol. The summed E-state index contributed by atoms with van der Waals surface area (Å²) in [6, 6.07) is 16.2. The number of para-hydroxylation sites is 4. The molecule has 7 heteroatoms. The Balaban J connectivity index is 1.70. The van der Waals surface area contributed by atoms with Crippen molar-refractivity contribution in [2.24, 2.45) is 17.3 Å². The normalized spacial score (nSPS) is 12.3. The number of fused-ring (bicyclic) bond motifs is 4. The van der Waals surface area contributed by atoms with E-state index in [0.29, 0.717) is 5.95 Å². The maximum Gasteiger partial charge on any atom is 0.250 e. The quantitative estimate of drug-likeness (QED) is 0.430. The molecule has 0 radical (unpaired) electrons. The Kier molecular flexibility index (Phi) is 3.36. The van der Waals surface area contributed by atoms with E-state index in [2.05, 4.69) is 54.6 Å². The van der Waals surface area contributed by atoms with Gasteiger partial charge in [0.1, 0.15) is 0 Å². The first-order valence-corrected chi connectivity index (χ1v) is 8.98. The van der Waals surface area contributed by atoms with Gasteiger partial charge in [-0.25, -0.2) is 9.50 Å². The lowest BCUT2D eigenvalue weighted by Gasteiger charge is -2.00. The highest BCUT2D eigenvalue weighted by molar-refractivity contribution is 5.86. The van der Waals surface area contributed by atoms with E-state index in [0.717, 1.165) is 45.6 Å². The molecule has 0 aliphatic rings. The smallest absolute Gasteiger partial charge is 0.250 e. The summed E-state index contributed by atoms with van der Waals surface area (Å²) in [5.41, 5.74) is 6.69. The van der Waals surface area contributed by atoms with E-state index in [1.807, 2.05) is 48.8 Å². The number of aromatic nitrogens is 5. The first kappa shape index (κ1) is 15.7. The third-order valence-electron chi connectivity index (χ3n) is 4.98. The van der Waals surface area contributed by atoms with Crippen molar-refractivity contribution >= 4 is 39.3 Å². The minimum absolute atomic E-state index is 0.608. The van der Waals surface area contributed by atoms with Crippen molar-refractivity contribution < 1.29 is 0 Å². The van der Waals surface area contributed by atoms with Gasteiger partial charge in [-0.15, -0.1) is 10.2 Å². The molecule has 0 atom stereocenters. The molecule has 0 amide bonds. The van der Waals surface area contributed by atoms with Gasteiger partial charge < -0.3 is 9.13 Å². The van der Waals surface area contributed by atoms with Gasteiger partial charge in [0.15, 0.2) is 11.3 Å². The molecule has 0 aliphatic heterocycles. The number of rotatable bonds is 3. The Morgan fingerprint density at radius 1 is 0.926 bits per heavy atom. The average molecular weight is 357 g/mol. The fourth-order valence-corrected chi connectivity index (χ4v) is 3.68. The van der Waals surface area contributed by atoms with Gasteiger partial charge in [-0.05, 0) is 38.1 Å². The molecular weight excluding hydrogens is 338 g/mol. The molecular formula is C20H19N7. The number of azo groups is 1. The van der Waals surface area contributed by atoms with Crippen LogP contribution in [0, 0.1) is 6.92 Å². The summed E-state index contributed by atoms with van der Waals surface area (Å²) in [5.74, 6) is 0.608. The van der Waals surface area contributed by atoms with E-state index >= 15 is 0 Å². The van der Waals surface area contributed by atoms with E-state index in [4.69, 9.17) is 0 Å². The minimum atomic E-state index is 0.608. The van der Waals surface area contributed by atoms with Gasteiger partial charge in [0.05, 0.1) is 27.8 Å². The first-order valence-electron chi connectivity index (χ1n) is 8.98. The zero-order valence-corrected chi connectivity index (χ0v) is 15.5. The van der Waals surface area contributed by atoms with Crippen LogP contribution in [0.3, 0.4) is 0 Å². The molecule has 0 spiro atoms. The summed E-state index contributed by atoms with van der Waals surface area (Å²) in [7, 11) is 2.03. The van der Waals surface area contributed by atoms with Gasteiger partial charge in [0.25, 0.3) is 0 Å². The molecule has 134 valence electrons. The largest absolute Gasteiger partial charge is 0.326 e. The Hall–Kier alpha value is -3.48. The molecule has 0 fully saturated rings. The van der Waals surface area contributed by atoms with Gasteiger partial charge in [-0.1, -0.05) is 24.3 Å². The van der Waals surface area contributed by atoms with Crippen molar-refractivity contribution in [3.63, 3.8) is 0 Å². The number of hydrogen-bond acceptors (Lipinski definition) is 4. The molecule has 2 aromatic carbocycles. The Labute approximate surface area is 155 Å². The molecule has 0 saturated heterocycles. The van der Waals surface area contributed by atoms with E-state index in [1.54, 1.807) is 0 Å². The van der Waals surface area contributed by atoms with Crippen molar-refractivity contribution in [3.8, 4) is 0 Å². The van der Waals surface area contributed by atoms with E-state index < -0.39 is 0 Å². The summed E-state index contributed by atoms with van der Waals surface area (Å²) in [6.07, 6.45) is 0. The lowest BCUT2D eigenvalue weighted by Crippen LogP contribution is -1.92. The molecule has 27 heavy (non-hydrogen) atoms. The van der Waals surface area contributed by atoms with Crippen LogP contribution in [0.1, 0.15) is 12.6 Å². The standard InChI is InChI=1S/C20H19N7/c1-4-26-15-10-6-5-9-14(15)21-20(26)23-22-18-13(2)24-27-17-12-8-7-11-16(17)25(3)19(18)27/h5-12H,4H2,1-3H3. The van der Waals surface area contributed by atoms with Crippen molar-refractivity contribution in [2.45, 2.75) is 20.4 Å². The maximum absolute atomic E-state index is 4.67. The van der Waals surface area contributed by atoms with Crippen LogP contribution in [0.2, 0.25) is 0 Å². The molecule has 0 bridgehead atoms. The zero-order chi connectivity index (χ0) is 18.5. The number of imidazole rings is 2. The highest BCUT2D eigenvalue weighted by Crippen LogP contribution is 2.32. The average Bonchev–Trinajstić information content (AvgIpc) is 3.30. The zero-order valence-electron chi connectivity index (χ0n) is 15.5. The van der Waals surface area contributed by atoms with Crippen LogP contribution >= 0.6 is 0 Å². The molecule has 0 saturated carbocycles. The predicted molar refractivity (Wildman–Crippen MR) is 106 cm³/mol. The van der Waals surface area contributed by atoms with Gasteiger partial charge >= 0.3 is 0 Å². The second-order valence-corrected chi connectivity index (χ2v) is 6.56. The molecule has 7 nitrogen and oxygen atoms in total. The summed E-state index contributed by atoms with van der Waals surface area (Å²) in [4.78, 5) is 4.63. The van der Waals surface area contributed by atoms with E-state index in [1.165, 1.54) is 0 Å². The number of hydrogen-bond donors (Lipinski definition) is 0. The van der Waals surface area contributed by atoms with Crippen LogP contribution in [-0.2, 0) is 13.6 Å². The fraction of sp³-hybridized carbons (Fsp3) is 0.200. The van der Waals surface area contributed by atoms with Crippen LogP contribution in [0.4, 0.5) is 11.6 Å². The third-order valence-corrected chi connectivity index (χ3v) is 4.98. The topological polar surface area (TPSA) is 64.8 Å². The highest BCUT2D eigenvalue weighted by atomic mass is 15.3. The van der Waals surface area contributed by atoms with Crippen LogP contribution in [0.5, 0.6) is 0 Å². The number of aryl methyl sites for hydroxylation is 3. The summed E-state index contributed by atoms with van der Waals surface area (Å²) in [6.45, 7) is 4.82. The number of nitrogens with zero attached hydrogens (tertiary/aromatic N) is 7. The molecule has 5 rings (SSSR count). The maximum atomic E-state index is 4.67. The second-order valence-electron chi connectivity index (χ2n) is 6.56. The first-order chi connectivity index (χ1) is 13.2. The summed E-state index contributed by atoms with van der Waals surface area (Å²) >= 11 is 0. The van der Waals surface area contributed by atoms with E-state index in [9.17, 15) is 0 Å². The molecule has 5 aromatic rings. The van der Waals surface area contributed by atoms with Gasteiger partial charge in [0.2, 0.25) is 5.95 Å². The Bertz CT molecular complexity index is 1330. The van der Waals surface area contributed by atoms with E-state index in [-0.39, 0.29) is 0 Å². The Morgan fingerprint density at radius 2 is 1.63 bits per heavy atom. The van der Waals surface area contributed by atoms with Crippen LogP contribution in [0.25, 0.3) is 27.7 Å². The lowest BCUT2D eigenvalue weighted by atomic mass is 10.3. The van der Waals surface area contributed by atoms with Crippen molar-refractivity contribution in [3.05, 3.63) is 54.2 Å². The van der Waals surface area contributed by atoms with Crippen molar-refractivity contribution in [1.82, 2.24) is 23.7 Å². The molecule has 0 N–H and O–H groups in total. The van der Waals surface area contributed by atoms with Gasteiger partial charge in [-0.3, -0.25) is 0 Å².